The van der Waals surface area contributed by atoms with Crippen molar-refractivity contribution in [2.45, 2.75) is 58.2 Å². The molecule has 1 aliphatic carbocycles. The molecule has 0 spiro atoms. The highest BCUT2D eigenvalue weighted by atomic mass is 16.5. The largest absolute Gasteiger partial charge is 0.377 e. The Morgan fingerprint density at radius 3 is 2.58 bits per heavy atom. The van der Waals surface area contributed by atoms with E-state index in [1.807, 2.05) is 20.8 Å². The van der Waals surface area contributed by atoms with Crippen molar-refractivity contribution in [2.24, 2.45) is 5.92 Å². The maximum absolute atomic E-state index is 12.6. The summed E-state index contributed by atoms with van der Waals surface area (Å²) in [5.41, 5.74) is -0.707. The molecule has 2 rings (SSSR count). The average Bonchev–Trinajstić information content (AvgIpc) is 3.15. The summed E-state index contributed by atoms with van der Waals surface area (Å²) >= 11 is 0. The van der Waals surface area contributed by atoms with E-state index in [-0.39, 0.29) is 17.9 Å². The highest BCUT2D eigenvalue weighted by Gasteiger charge is 2.54. The zero-order chi connectivity index (χ0) is 14.2. The average molecular weight is 268 g/mol. The number of rotatable bonds is 5. The van der Waals surface area contributed by atoms with Crippen LogP contribution in [0.5, 0.6) is 0 Å². The summed E-state index contributed by atoms with van der Waals surface area (Å²) in [7, 11) is 0. The van der Waals surface area contributed by atoms with E-state index in [1.54, 1.807) is 11.8 Å². The smallest absolute Gasteiger partial charge is 0.249 e. The fourth-order valence-corrected chi connectivity index (χ4v) is 2.65. The second kappa shape index (κ2) is 5.12. The van der Waals surface area contributed by atoms with Gasteiger partial charge in [0.1, 0.15) is 11.6 Å². The lowest BCUT2D eigenvalue weighted by Crippen LogP contribution is -2.69. The van der Waals surface area contributed by atoms with Crippen LogP contribution in [0, 0.1) is 5.92 Å². The van der Waals surface area contributed by atoms with E-state index in [4.69, 9.17) is 4.74 Å². The zero-order valence-electron chi connectivity index (χ0n) is 12.2. The minimum Gasteiger partial charge on any atom is -0.377 e. The standard InChI is InChI=1S/C14H24N2O3/c1-9(2)19-8-7-16-10(3)12(17)15-14(4,13(16)18)11-5-6-11/h9-11H,5-8H2,1-4H3,(H,15,17). The first kappa shape index (κ1) is 14.3. The predicted molar refractivity (Wildman–Crippen MR) is 71.5 cm³/mol. The van der Waals surface area contributed by atoms with Crippen LogP contribution in [0.3, 0.4) is 0 Å². The number of carbonyl (C=O) groups is 2. The Morgan fingerprint density at radius 1 is 1.42 bits per heavy atom. The molecule has 1 saturated carbocycles. The Morgan fingerprint density at radius 2 is 2.05 bits per heavy atom. The number of hydrogen-bond acceptors (Lipinski definition) is 3. The first-order valence-electron chi connectivity index (χ1n) is 7.11. The van der Waals surface area contributed by atoms with E-state index in [0.717, 1.165) is 12.8 Å². The molecule has 2 amide bonds. The fraction of sp³-hybridized carbons (Fsp3) is 0.857. The Kier molecular flexibility index (Phi) is 3.85. The molecule has 2 fully saturated rings. The lowest BCUT2D eigenvalue weighted by atomic mass is 9.90. The third-order valence-corrected chi connectivity index (χ3v) is 4.11. The van der Waals surface area contributed by atoms with Gasteiger partial charge in [-0.05, 0) is 46.5 Å². The van der Waals surface area contributed by atoms with Crippen LogP contribution in [0.4, 0.5) is 0 Å². The van der Waals surface area contributed by atoms with E-state index >= 15 is 0 Å². The summed E-state index contributed by atoms with van der Waals surface area (Å²) in [6.07, 6.45) is 2.18. The van der Waals surface area contributed by atoms with Crippen molar-refractivity contribution in [1.82, 2.24) is 10.2 Å². The van der Waals surface area contributed by atoms with Gasteiger partial charge in [-0.1, -0.05) is 0 Å². The number of amides is 2. The summed E-state index contributed by atoms with van der Waals surface area (Å²) in [5.74, 6) is 0.276. The van der Waals surface area contributed by atoms with Crippen molar-refractivity contribution in [3.05, 3.63) is 0 Å². The molecular formula is C14H24N2O3. The molecule has 0 bridgehead atoms. The maximum atomic E-state index is 12.6. The summed E-state index contributed by atoms with van der Waals surface area (Å²) in [6.45, 7) is 8.50. The van der Waals surface area contributed by atoms with Crippen LogP contribution >= 0.6 is 0 Å². The Balaban J connectivity index is 2.06. The van der Waals surface area contributed by atoms with Gasteiger partial charge in [-0.2, -0.15) is 0 Å². The number of nitrogens with zero attached hydrogens (tertiary/aromatic N) is 1. The maximum Gasteiger partial charge on any atom is 0.249 e. The number of nitrogens with one attached hydrogen (secondary N) is 1. The highest BCUT2D eigenvalue weighted by Crippen LogP contribution is 2.42. The molecule has 1 aliphatic heterocycles. The van der Waals surface area contributed by atoms with Crippen molar-refractivity contribution < 1.29 is 14.3 Å². The molecule has 5 heteroatoms. The van der Waals surface area contributed by atoms with E-state index in [9.17, 15) is 9.59 Å². The molecule has 0 radical (unpaired) electrons. The Bertz CT molecular complexity index is 379. The van der Waals surface area contributed by atoms with Gasteiger partial charge in [0.25, 0.3) is 0 Å². The van der Waals surface area contributed by atoms with Gasteiger partial charge in [0.2, 0.25) is 11.8 Å². The molecule has 19 heavy (non-hydrogen) atoms. The Labute approximate surface area is 114 Å². The summed E-state index contributed by atoms with van der Waals surface area (Å²) in [6, 6.07) is -0.407. The predicted octanol–water partition coefficient (Wildman–Crippen LogP) is 0.927. The van der Waals surface area contributed by atoms with Crippen molar-refractivity contribution >= 4 is 11.8 Å². The molecule has 0 aromatic carbocycles. The van der Waals surface area contributed by atoms with Crippen LogP contribution in [-0.4, -0.2) is 47.6 Å². The minimum absolute atomic E-state index is 0.0365. The van der Waals surface area contributed by atoms with Crippen LogP contribution in [0.15, 0.2) is 0 Å². The number of carbonyl (C=O) groups excluding carboxylic acids is 2. The van der Waals surface area contributed by atoms with Crippen molar-refractivity contribution in [1.29, 1.82) is 0 Å². The molecule has 0 aromatic rings. The number of ether oxygens (including phenoxy) is 1. The minimum atomic E-state index is -0.707. The van der Waals surface area contributed by atoms with E-state index in [0.29, 0.717) is 19.1 Å². The summed E-state index contributed by atoms with van der Waals surface area (Å²) < 4.78 is 5.50. The lowest BCUT2D eigenvalue weighted by Gasteiger charge is -2.43. The summed E-state index contributed by atoms with van der Waals surface area (Å²) in [5, 5.41) is 2.91. The molecule has 1 heterocycles. The topological polar surface area (TPSA) is 58.6 Å². The number of piperazine rings is 1. The van der Waals surface area contributed by atoms with Crippen molar-refractivity contribution in [3.8, 4) is 0 Å². The van der Waals surface area contributed by atoms with Gasteiger partial charge in [0.05, 0.1) is 12.7 Å². The van der Waals surface area contributed by atoms with Crippen molar-refractivity contribution in [3.63, 3.8) is 0 Å². The Hall–Kier alpha value is -1.10. The van der Waals surface area contributed by atoms with Crippen LogP contribution < -0.4 is 5.32 Å². The van der Waals surface area contributed by atoms with Gasteiger partial charge < -0.3 is 15.0 Å². The molecular weight excluding hydrogens is 244 g/mol. The highest BCUT2D eigenvalue weighted by molar-refractivity contribution is 5.99. The van der Waals surface area contributed by atoms with Gasteiger partial charge in [-0.25, -0.2) is 0 Å². The number of hydrogen-bond donors (Lipinski definition) is 1. The van der Waals surface area contributed by atoms with Crippen LogP contribution in [-0.2, 0) is 14.3 Å². The molecule has 0 aromatic heterocycles. The van der Waals surface area contributed by atoms with Crippen molar-refractivity contribution in [2.75, 3.05) is 13.2 Å². The van der Waals surface area contributed by atoms with Gasteiger partial charge in [0.15, 0.2) is 0 Å². The van der Waals surface area contributed by atoms with Crippen LogP contribution in [0.2, 0.25) is 0 Å². The van der Waals surface area contributed by atoms with E-state index in [2.05, 4.69) is 5.32 Å². The van der Waals surface area contributed by atoms with E-state index < -0.39 is 11.6 Å². The quantitative estimate of drug-likeness (QED) is 0.807. The van der Waals surface area contributed by atoms with Gasteiger partial charge >= 0.3 is 0 Å². The lowest BCUT2D eigenvalue weighted by molar-refractivity contribution is -0.155. The van der Waals surface area contributed by atoms with E-state index in [1.165, 1.54) is 0 Å². The first-order valence-corrected chi connectivity index (χ1v) is 7.11. The third-order valence-electron chi connectivity index (χ3n) is 4.11. The van der Waals surface area contributed by atoms with Gasteiger partial charge in [-0.15, -0.1) is 0 Å². The normalized spacial score (nSPS) is 31.8. The molecule has 2 atom stereocenters. The molecule has 2 unspecified atom stereocenters. The van der Waals surface area contributed by atoms with Gasteiger partial charge in [0, 0.05) is 6.54 Å². The molecule has 2 aliphatic rings. The second-order valence-corrected chi connectivity index (χ2v) is 6.06. The first-order chi connectivity index (χ1) is 8.86. The second-order valence-electron chi connectivity index (χ2n) is 6.06. The monoisotopic (exact) mass is 268 g/mol. The zero-order valence-corrected chi connectivity index (χ0v) is 12.2. The third kappa shape index (κ3) is 2.76. The van der Waals surface area contributed by atoms with Gasteiger partial charge in [-0.3, -0.25) is 9.59 Å². The molecule has 1 N–H and O–H groups in total. The fourth-order valence-electron chi connectivity index (χ4n) is 2.65. The molecule has 1 saturated heterocycles. The summed E-state index contributed by atoms with van der Waals surface area (Å²) in [4.78, 5) is 26.3. The van der Waals surface area contributed by atoms with Crippen LogP contribution in [0.1, 0.15) is 40.5 Å². The SMILES string of the molecule is CC(C)OCCN1C(=O)C(C)(C2CC2)NC(=O)C1C. The molecule has 5 nitrogen and oxygen atoms in total. The molecule has 108 valence electrons. The van der Waals surface area contributed by atoms with Crippen LogP contribution in [0.25, 0.3) is 0 Å².